The predicted molar refractivity (Wildman–Crippen MR) is 200 cm³/mol. The molecule has 0 radical (unpaired) electrons. The summed E-state index contributed by atoms with van der Waals surface area (Å²) in [6.45, 7) is 0. The fourth-order valence-electron chi connectivity index (χ4n) is 7.51. The van der Waals surface area contributed by atoms with Gasteiger partial charge in [0.25, 0.3) is 0 Å². The van der Waals surface area contributed by atoms with E-state index in [0.717, 1.165) is 77.2 Å². The van der Waals surface area contributed by atoms with Gasteiger partial charge < -0.3 is 9.13 Å². The topological polar surface area (TPSA) is 81.2 Å². The Morgan fingerprint density at radius 3 is 1.76 bits per heavy atom. The lowest BCUT2D eigenvalue weighted by Gasteiger charge is -2.18. The highest BCUT2D eigenvalue weighted by Crippen LogP contribution is 2.41. The van der Waals surface area contributed by atoms with Crippen molar-refractivity contribution in [3.63, 3.8) is 0 Å². The first kappa shape index (κ1) is 28.8. The van der Waals surface area contributed by atoms with E-state index in [9.17, 15) is 15.8 Å². The zero-order chi connectivity index (χ0) is 33.8. The molecule has 0 aliphatic carbocycles. The molecule has 0 aliphatic heterocycles. The first-order valence-electron chi connectivity index (χ1n) is 16.3. The maximum atomic E-state index is 10.4. The van der Waals surface area contributed by atoms with Gasteiger partial charge in [-0.2, -0.15) is 15.8 Å². The quantitative estimate of drug-likeness (QED) is 0.193. The van der Waals surface area contributed by atoms with Crippen molar-refractivity contribution in [2.45, 2.75) is 0 Å². The van der Waals surface area contributed by atoms with E-state index in [-0.39, 0.29) is 0 Å². The second-order valence-electron chi connectivity index (χ2n) is 12.3. The Kier molecular flexibility index (Phi) is 6.56. The maximum Gasteiger partial charge on any atom is 0.101 e. The number of nitriles is 3. The highest BCUT2D eigenvalue weighted by molar-refractivity contribution is 6.12. The molecule has 2 heterocycles. The first-order valence-corrected chi connectivity index (χ1v) is 16.3. The van der Waals surface area contributed by atoms with E-state index in [1.54, 1.807) is 0 Å². The Labute approximate surface area is 287 Å². The maximum absolute atomic E-state index is 10.4. The third kappa shape index (κ3) is 4.24. The minimum absolute atomic E-state index is 0.549. The van der Waals surface area contributed by atoms with E-state index in [4.69, 9.17) is 0 Å². The standard InChI is InChI=1S/C45H25N5/c46-26-29-20-23-43-39(24-29)37-15-5-6-17-40(37)49(43)44-25-30(21-22-31(44)27-47)33-11-1-2-12-34(33)35-13-3-7-18-41(35)50-42-19-8-4-14-36(42)38-16-9-10-32(28-48)45(38)50/h1-25H. The van der Waals surface area contributed by atoms with Gasteiger partial charge in [0.1, 0.15) is 12.1 Å². The molecule has 0 unspecified atom stereocenters. The molecule has 0 fully saturated rings. The molecular weight excluding hydrogens is 611 g/mol. The van der Waals surface area contributed by atoms with Crippen LogP contribution in [0.2, 0.25) is 0 Å². The lowest BCUT2D eigenvalue weighted by atomic mass is 9.92. The van der Waals surface area contributed by atoms with Crippen molar-refractivity contribution >= 4 is 43.6 Å². The summed E-state index contributed by atoms with van der Waals surface area (Å²) in [6.07, 6.45) is 0. The fraction of sp³-hybridized carbons (Fsp3) is 0. The molecule has 0 saturated carbocycles. The normalized spacial score (nSPS) is 11.1. The molecule has 9 rings (SSSR count). The second-order valence-corrected chi connectivity index (χ2v) is 12.3. The average Bonchev–Trinajstić information content (AvgIpc) is 3.70. The van der Waals surface area contributed by atoms with Crippen LogP contribution in [-0.4, -0.2) is 9.13 Å². The molecule has 50 heavy (non-hydrogen) atoms. The van der Waals surface area contributed by atoms with E-state index in [2.05, 4.69) is 88.0 Å². The van der Waals surface area contributed by atoms with Crippen LogP contribution in [0.4, 0.5) is 0 Å². The molecule has 0 bridgehead atoms. The van der Waals surface area contributed by atoms with Crippen molar-refractivity contribution in [1.82, 2.24) is 9.13 Å². The van der Waals surface area contributed by atoms with E-state index in [0.29, 0.717) is 16.7 Å². The molecule has 7 aromatic carbocycles. The van der Waals surface area contributed by atoms with Crippen molar-refractivity contribution in [2.75, 3.05) is 0 Å². The number of hydrogen-bond acceptors (Lipinski definition) is 3. The molecule has 5 heteroatoms. The molecule has 2 aromatic heterocycles. The van der Waals surface area contributed by atoms with Crippen LogP contribution < -0.4 is 0 Å². The van der Waals surface area contributed by atoms with Gasteiger partial charge in [0, 0.05) is 27.1 Å². The van der Waals surface area contributed by atoms with Gasteiger partial charge in [-0.3, -0.25) is 0 Å². The Balaban J connectivity index is 1.30. The fourth-order valence-corrected chi connectivity index (χ4v) is 7.51. The van der Waals surface area contributed by atoms with Gasteiger partial charge in [-0.15, -0.1) is 0 Å². The number of fused-ring (bicyclic) bond motifs is 6. The zero-order valence-electron chi connectivity index (χ0n) is 26.7. The van der Waals surface area contributed by atoms with Crippen LogP contribution in [-0.2, 0) is 0 Å². The van der Waals surface area contributed by atoms with Crippen LogP contribution >= 0.6 is 0 Å². The van der Waals surface area contributed by atoms with Gasteiger partial charge in [-0.05, 0) is 71.3 Å². The summed E-state index contributed by atoms with van der Waals surface area (Å²) in [5, 5.41) is 34.3. The highest BCUT2D eigenvalue weighted by Gasteiger charge is 2.21. The van der Waals surface area contributed by atoms with Crippen LogP contribution in [0, 0.1) is 34.0 Å². The number of nitrogens with zero attached hydrogens (tertiary/aromatic N) is 5. The molecule has 9 aromatic rings. The molecule has 5 nitrogen and oxygen atoms in total. The Morgan fingerprint density at radius 1 is 0.380 bits per heavy atom. The van der Waals surface area contributed by atoms with Gasteiger partial charge in [-0.25, -0.2) is 0 Å². The lowest BCUT2D eigenvalue weighted by molar-refractivity contribution is 1.17. The summed E-state index contributed by atoms with van der Waals surface area (Å²) in [7, 11) is 0. The van der Waals surface area contributed by atoms with Gasteiger partial charge in [-0.1, -0.05) is 97.1 Å². The summed E-state index contributed by atoms with van der Waals surface area (Å²) in [6, 6.07) is 57.8. The number of benzene rings is 7. The largest absolute Gasteiger partial charge is 0.308 e. The molecule has 0 aliphatic rings. The number of para-hydroxylation sites is 4. The average molecular weight is 636 g/mol. The van der Waals surface area contributed by atoms with Gasteiger partial charge in [0.05, 0.1) is 56.2 Å². The SMILES string of the molecule is N#Cc1ccc2c(c1)c1ccccc1n2-c1cc(-c2ccccc2-c2ccccc2-n2c3ccccc3c3cccc(C#N)c32)ccc1C#N. The summed E-state index contributed by atoms with van der Waals surface area (Å²) < 4.78 is 4.35. The predicted octanol–water partition coefficient (Wildman–Crippen LogP) is 10.8. The molecule has 0 atom stereocenters. The second kappa shape index (κ2) is 11.4. The Morgan fingerprint density at radius 2 is 1.00 bits per heavy atom. The van der Waals surface area contributed by atoms with E-state index in [1.165, 1.54) is 0 Å². The third-order valence-corrected chi connectivity index (χ3v) is 9.65. The van der Waals surface area contributed by atoms with Crippen molar-refractivity contribution in [2.24, 2.45) is 0 Å². The first-order chi connectivity index (χ1) is 24.7. The van der Waals surface area contributed by atoms with Gasteiger partial charge >= 0.3 is 0 Å². The smallest absolute Gasteiger partial charge is 0.101 e. The van der Waals surface area contributed by atoms with Crippen LogP contribution in [0.1, 0.15) is 16.7 Å². The Bertz CT molecular complexity index is 2970. The summed E-state index contributed by atoms with van der Waals surface area (Å²) in [4.78, 5) is 0. The molecule has 0 spiro atoms. The summed E-state index contributed by atoms with van der Waals surface area (Å²) in [5.74, 6) is 0. The van der Waals surface area contributed by atoms with Crippen LogP contribution in [0.25, 0.3) is 77.2 Å². The summed E-state index contributed by atoms with van der Waals surface area (Å²) >= 11 is 0. The van der Waals surface area contributed by atoms with Gasteiger partial charge in [0.2, 0.25) is 0 Å². The highest BCUT2D eigenvalue weighted by atomic mass is 15.0. The number of hydrogen-bond donors (Lipinski definition) is 0. The van der Waals surface area contributed by atoms with Crippen molar-refractivity contribution in [3.05, 3.63) is 168 Å². The third-order valence-electron chi connectivity index (χ3n) is 9.65. The monoisotopic (exact) mass is 635 g/mol. The molecule has 0 saturated heterocycles. The van der Waals surface area contributed by atoms with Gasteiger partial charge in [0.15, 0.2) is 0 Å². The minimum atomic E-state index is 0.549. The number of aromatic nitrogens is 2. The molecule has 230 valence electrons. The molecule has 0 N–H and O–H groups in total. The zero-order valence-corrected chi connectivity index (χ0v) is 26.7. The lowest BCUT2D eigenvalue weighted by Crippen LogP contribution is -2.00. The van der Waals surface area contributed by atoms with E-state index < -0.39 is 0 Å². The van der Waals surface area contributed by atoms with Crippen molar-refractivity contribution in [3.8, 4) is 51.8 Å². The van der Waals surface area contributed by atoms with Crippen LogP contribution in [0.3, 0.4) is 0 Å². The summed E-state index contributed by atoms with van der Waals surface area (Å²) in [5.41, 5.74) is 11.3. The van der Waals surface area contributed by atoms with E-state index >= 15 is 0 Å². The minimum Gasteiger partial charge on any atom is -0.308 e. The van der Waals surface area contributed by atoms with E-state index in [1.807, 2.05) is 91.0 Å². The number of rotatable bonds is 4. The van der Waals surface area contributed by atoms with Crippen LogP contribution in [0.15, 0.2) is 152 Å². The van der Waals surface area contributed by atoms with Crippen LogP contribution in [0.5, 0.6) is 0 Å². The Hall–Kier alpha value is -7.39. The van der Waals surface area contributed by atoms with Crippen molar-refractivity contribution < 1.29 is 0 Å². The molecular formula is C45H25N5. The molecule has 0 amide bonds. The van der Waals surface area contributed by atoms with Crippen molar-refractivity contribution in [1.29, 1.82) is 15.8 Å².